The molecule has 27 heavy (non-hydrogen) atoms. The van der Waals surface area contributed by atoms with E-state index in [4.69, 9.17) is 0 Å². The van der Waals surface area contributed by atoms with Gasteiger partial charge in [0.2, 0.25) is 0 Å². The Morgan fingerprint density at radius 2 is 1.41 bits per heavy atom. The molecule has 0 aliphatic heterocycles. The smallest absolute Gasteiger partial charge is 0.0190 e. The Bertz CT molecular complexity index is 661. The predicted molar refractivity (Wildman–Crippen MR) is 152 cm³/mol. The number of fused-ring (bicyclic) bond motifs is 4. The van der Waals surface area contributed by atoms with Gasteiger partial charge in [0.1, 0.15) is 0 Å². The van der Waals surface area contributed by atoms with Crippen LogP contribution in [-0.4, -0.2) is 11.5 Å². The van der Waals surface area contributed by atoms with Crippen LogP contribution in [0.25, 0.3) is 0 Å². The van der Waals surface area contributed by atoms with Crippen LogP contribution < -0.4 is 6.15 Å². The van der Waals surface area contributed by atoms with Crippen LogP contribution in [0.1, 0.15) is 44.9 Å². The lowest BCUT2D eigenvalue weighted by molar-refractivity contribution is 0.493. The molecule has 0 saturated heterocycles. The Morgan fingerprint density at radius 3 is 1.74 bits per heavy atom. The van der Waals surface area contributed by atoms with E-state index in [0.717, 1.165) is 28.9 Å². The summed E-state index contributed by atoms with van der Waals surface area (Å²) >= 11 is 9.21. The number of rotatable bonds is 3. The number of allylic oxidation sites excluding steroid dienone is 2. The lowest BCUT2D eigenvalue weighted by Crippen LogP contribution is -2.10. The first-order valence-corrected chi connectivity index (χ1v) is 21.8. The maximum Gasteiger partial charge on any atom is 0.0190 e. The van der Waals surface area contributed by atoms with Crippen molar-refractivity contribution in [3.05, 3.63) is 12.2 Å². The molecule has 3 N–H and O–H groups in total. The van der Waals surface area contributed by atoms with Crippen LogP contribution in [0.5, 0.6) is 0 Å². The fraction of sp³-hybridized carbons (Fsp3) is 0.867. The highest BCUT2D eigenvalue weighted by atomic mass is 33.5. The first kappa shape index (κ1) is 27.5. The highest BCUT2D eigenvalue weighted by Gasteiger charge is 2.39. The van der Waals surface area contributed by atoms with Gasteiger partial charge in [0, 0.05) is 80.9 Å². The molecule has 0 heterocycles. The molecule has 0 aromatic rings. The molecule has 158 valence electrons. The summed E-state index contributed by atoms with van der Waals surface area (Å²) in [7, 11) is 15.1. The minimum atomic E-state index is 0. The molecule has 4 aliphatic rings. The van der Waals surface area contributed by atoms with Gasteiger partial charge < -0.3 is 6.15 Å². The van der Waals surface area contributed by atoms with Crippen LogP contribution in [0, 0.1) is 23.7 Å². The van der Waals surface area contributed by atoms with Crippen molar-refractivity contribution in [3.8, 4) is 0 Å². The van der Waals surface area contributed by atoms with E-state index in [1.54, 1.807) is 41.9 Å². The van der Waals surface area contributed by atoms with Crippen molar-refractivity contribution in [1.82, 2.24) is 6.15 Å². The second-order valence-electron chi connectivity index (χ2n) is 6.67. The topological polar surface area (TPSA) is 35.0 Å². The van der Waals surface area contributed by atoms with Crippen LogP contribution in [0.3, 0.4) is 0 Å². The summed E-state index contributed by atoms with van der Waals surface area (Å²) < 4.78 is 0. The maximum atomic E-state index is 4.60. The van der Waals surface area contributed by atoms with Gasteiger partial charge in [0.25, 0.3) is 0 Å². The van der Waals surface area contributed by atoms with Crippen molar-refractivity contribution in [1.29, 1.82) is 0 Å². The standard InChI is InChI=1S/C8H14S3.C7H10.H3N.S8/c1-9-11-10-8-5-6-2-3-7(8)4-6;1-2-7-4-3-6(1)5-7;;1-3-5-7-8-6-4-2/h6-8H,2-5H2,1H3;1-2,6-7H,3-5H2;1H3;. The van der Waals surface area contributed by atoms with E-state index in [2.05, 4.69) is 51.6 Å². The predicted octanol–water partition coefficient (Wildman–Crippen LogP) is 5.95. The molecule has 4 aliphatic carbocycles. The SMILES string of the molecule is C1=CC2CCC1C2.CSSSC1CC2CCC1C2.N.S=S=S=S=S=S=S=S. The minimum absolute atomic E-state index is 0. The number of hydrogen-bond donors (Lipinski definition) is 1. The molecule has 5 unspecified atom stereocenters. The summed E-state index contributed by atoms with van der Waals surface area (Å²) in [6.45, 7) is 0. The molecule has 4 bridgehead atoms. The highest BCUT2D eigenvalue weighted by Crippen LogP contribution is 2.53. The summed E-state index contributed by atoms with van der Waals surface area (Å²) in [6.07, 6.45) is 17.5. The van der Waals surface area contributed by atoms with Gasteiger partial charge >= 0.3 is 0 Å². The Labute approximate surface area is 203 Å². The van der Waals surface area contributed by atoms with Crippen LogP contribution in [0.4, 0.5) is 0 Å². The summed E-state index contributed by atoms with van der Waals surface area (Å²) in [6, 6.07) is 0. The molecular weight excluding hydrogens is 547 g/mol. The van der Waals surface area contributed by atoms with E-state index in [1.165, 1.54) is 56.3 Å². The van der Waals surface area contributed by atoms with Crippen molar-refractivity contribution < 1.29 is 0 Å². The van der Waals surface area contributed by atoms with Crippen molar-refractivity contribution >= 4 is 107 Å². The van der Waals surface area contributed by atoms with Gasteiger partial charge in [-0.25, -0.2) is 0 Å². The molecule has 4 rings (SSSR count). The molecule has 12 heteroatoms. The van der Waals surface area contributed by atoms with Crippen LogP contribution in [-0.2, 0) is 75.7 Å². The van der Waals surface area contributed by atoms with Crippen molar-refractivity contribution in [2.24, 2.45) is 23.7 Å². The first-order valence-electron chi connectivity index (χ1n) is 8.56. The third-order valence-corrected chi connectivity index (χ3v) is 20.7. The second-order valence-corrected chi connectivity index (χ2v) is 21.8. The van der Waals surface area contributed by atoms with Crippen LogP contribution >= 0.6 is 31.4 Å². The van der Waals surface area contributed by atoms with Gasteiger partial charge in [-0.3, -0.25) is 0 Å². The average molecular weight is 574 g/mol. The highest BCUT2D eigenvalue weighted by molar-refractivity contribution is 9.09. The summed E-state index contributed by atoms with van der Waals surface area (Å²) in [5.74, 6) is 4.18. The molecule has 3 saturated carbocycles. The van der Waals surface area contributed by atoms with Gasteiger partial charge in [0.05, 0.1) is 0 Å². The zero-order valence-electron chi connectivity index (χ0n) is 15.2. The molecule has 3 fully saturated rings. The molecular formula is C15H27NS11. The van der Waals surface area contributed by atoms with Gasteiger partial charge in [-0.15, -0.1) is 0 Å². The van der Waals surface area contributed by atoms with Crippen molar-refractivity contribution in [3.63, 3.8) is 0 Å². The Morgan fingerprint density at radius 1 is 0.778 bits per heavy atom. The maximum absolute atomic E-state index is 4.60. The quantitative estimate of drug-likeness (QED) is 0.332. The largest absolute Gasteiger partial charge is 0.344 e. The van der Waals surface area contributed by atoms with E-state index in [9.17, 15) is 0 Å². The monoisotopic (exact) mass is 573 g/mol. The van der Waals surface area contributed by atoms with Crippen LogP contribution in [0.15, 0.2) is 12.2 Å². The lowest BCUT2D eigenvalue weighted by Gasteiger charge is -2.19. The van der Waals surface area contributed by atoms with E-state index in [-0.39, 0.29) is 6.15 Å². The summed E-state index contributed by atoms with van der Waals surface area (Å²) in [5, 5.41) is 1.01. The van der Waals surface area contributed by atoms with Crippen molar-refractivity contribution in [2.45, 2.75) is 50.2 Å². The Balaban J connectivity index is 0.000000205. The summed E-state index contributed by atoms with van der Waals surface area (Å²) in [4.78, 5) is 0. The van der Waals surface area contributed by atoms with E-state index < -0.39 is 0 Å². The van der Waals surface area contributed by atoms with E-state index >= 15 is 0 Å². The van der Waals surface area contributed by atoms with E-state index in [1.807, 2.05) is 20.6 Å². The third kappa shape index (κ3) is 11.1. The fourth-order valence-corrected chi connectivity index (χ4v) is 18.9. The van der Waals surface area contributed by atoms with Gasteiger partial charge in [-0.05, 0) is 78.3 Å². The molecule has 0 radical (unpaired) electrons. The Hall–Kier alpha value is 2.51. The zero-order chi connectivity index (χ0) is 18.6. The van der Waals surface area contributed by atoms with Crippen molar-refractivity contribution in [2.75, 3.05) is 6.26 Å². The molecule has 5 atom stereocenters. The third-order valence-electron chi connectivity index (χ3n) is 5.21. The minimum Gasteiger partial charge on any atom is -0.344 e. The first-order chi connectivity index (χ1) is 12.8. The average Bonchev–Trinajstić information content (AvgIpc) is 3.46. The van der Waals surface area contributed by atoms with Gasteiger partial charge in [0.15, 0.2) is 0 Å². The molecule has 0 amide bonds. The second kappa shape index (κ2) is 17.1. The molecule has 1 nitrogen and oxygen atoms in total. The Kier molecular flexibility index (Phi) is 17.5. The lowest BCUT2D eigenvalue weighted by atomic mass is 10.0. The molecule has 0 spiro atoms. The number of hydrogen-bond acceptors (Lipinski definition) is 6. The zero-order valence-corrected chi connectivity index (χ0v) is 24.2. The van der Waals surface area contributed by atoms with Gasteiger partial charge in [-0.1, -0.05) is 40.2 Å². The normalized spacial score (nSPS) is 30.8. The fourth-order valence-electron chi connectivity index (χ4n) is 4.16. The van der Waals surface area contributed by atoms with E-state index in [0.29, 0.717) is 0 Å². The van der Waals surface area contributed by atoms with Crippen LogP contribution in [0.2, 0.25) is 0 Å². The summed E-state index contributed by atoms with van der Waals surface area (Å²) in [5.41, 5.74) is 0. The molecule has 0 aromatic heterocycles. The van der Waals surface area contributed by atoms with Gasteiger partial charge in [-0.2, -0.15) is 0 Å². The molecule has 0 aromatic carbocycles.